The normalized spacial score (nSPS) is 16.2. The SMILES string of the molecule is N#CC(=Cc1cn(-c2ccccc2)nc1-c1ccccc1)C(=O)NCC1CCCO1. The summed E-state index contributed by atoms with van der Waals surface area (Å²) in [5, 5.41) is 17.1. The van der Waals surface area contributed by atoms with Crippen LogP contribution in [-0.4, -0.2) is 34.9 Å². The monoisotopic (exact) mass is 398 g/mol. The average molecular weight is 398 g/mol. The number of nitriles is 1. The molecule has 0 saturated carbocycles. The summed E-state index contributed by atoms with van der Waals surface area (Å²) in [5.74, 6) is -0.403. The first-order chi connectivity index (χ1) is 14.7. The zero-order valence-electron chi connectivity index (χ0n) is 16.5. The van der Waals surface area contributed by atoms with Crippen molar-refractivity contribution in [1.29, 1.82) is 5.26 Å². The predicted octanol–water partition coefficient (Wildman–Crippen LogP) is 3.74. The molecule has 0 radical (unpaired) electrons. The molecule has 6 nitrogen and oxygen atoms in total. The van der Waals surface area contributed by atoms with Crippen LogP contribution in [0, 0.1) is 11.3 Å². The Morgan fingerprint density at radius 2 is 1.93 bits per heavy atom. The van der Waals surface area contributed by atoms with Crippen molar-refractivity contribution >= 4 is 12.0 Å². The van der Waals surface area contributed by atoms with Crippen molar-refractivity contribution < 1.29 is 9.53 Å². The summed E-state index contributed by atoms with van der Waals surface area (Å²) in [4.78, 5) is 12.6. The molecule has 2 heterocycles. The van der Waals surface area contributed by atoms with Crippen molar-refractivity contribution in [3.8, 4) is 23.0 Å². The maximum atomic E-state index is 12.6. The van der Waals surface area contributed by atoms with Crippen LogP contribution in [0.15, 0.2) is 72.4 Å². The molecule has 1 aliphatic heterocycles. The summed E-state index contributed by atoms with van der Waals surface area (Å²) in [7, 11) is 0. The zero-order valence-corrected chi connectivity index (χ0v) is 16.5. The molecule has 1 N–H and O–H groups in total. The van der Waals surface area contributed by atoms with Gasteiger partial charge in [0, 0.05) is 30.5 Å². The Hall–Kier alpha value is -3.69. The van der Waals surface area contributed by atoms with E-state index in [0.29, 0.717) is 17.8 Å². The van der Waals surface area contributed by atoms with Crippen LogP contribution in [0.25, 0.3) is 23.0 Å². The van der Waals surface area contributed by atoms with Crippen LogP contribution in [0.3, 0.4) is 0 Å². The molecule has 1 atom stereocenters. The van der Waals surface area contributed by atoms with E-state index in [-0.39, 0.29) is 11.7 Å². The maximum Gasteiger partial charge on any atom is 0.262 e. The number of ether oxygens (including phenoxy) is 1. The van der Waals surface area contributed by atoms with Gasteiger partial charge in [0.1, 0.15) is 11.6 Å². The van der Waals surface area contributed by atoms with E-state index in [1.165, 1.54) is 0 Å². The van der Waals surface area contributed by atoms with Gasteiger partial charge in [-0.05, 0) is 31.1 Å². The molecule has 1 aromatic heterocycles. The van der Waals surface area contributed by atoms with E-state index in [4.69, 9.17) is 9.84 Å². The second kappa shape index (κ2) is 9.21. The van der Waals surface area contributed by atoms with E-state index >= 15 is 0 Å². The molecule has 150 valence electrons. The summed E-state index contributed by atoms with van der Waals surface area (Å²) in [6.07, 6.45) is 5.38. The van der Waals surface area contributed by atoms with Crippen LogP contribution in [0.1, 0.15) is 18.4 Å². The summed E-state index contributed by atoms with van der Waals surface area (Å²) in [6, 6.07) is 21.5. The van der Waals surface area contributed by atoms with Gasteiger partial charge in [0.05, 0.1) is 17.5 Å². The van der Waals surface area contributed by atoms with E-state index in [0.717, 1.165) is 30.7 Å². The molecular formula is C24H22N4O2. The summed E-state index contributed by atoms with van der Waals surface area (Å²) in [6.45, 7) is 1.13. The second-order valence-electron chi connectivity index (χ2n) is 7.09. The van der Waals surface area contributed by atoms with Crippen LogP contribution in [0.2, 0.25) is 0 Å². The van der Waals surface area contributed by atoms with Gasteiger partial charge >= 0.3 is 0 Å². The number of hydrogen-bond acceptors (Lipinski definition) is 4. The molecule has 2 aromatic carbocycles. The van der Waals surface area contributed by atoms with Crippen LogP contribution < -0.4 is 5.32 Å². The molecule has 3 aromatic rings. The van der Waals surface area contributed by atoms with Crippen molar-refractivity contribution in [2.24, 2.45) is 0 Å². The topological polar surface area (TPSA) is 79.9 Å². The largest absolute Gasteiger partial charge is 0.376 e. The Labute approximate surface area is 175 Å². The average Bonchev–Trinajstić information content (AvgIpc) is 3.47. The maximum absolute atomic E-state index is 12.6. The molecule has 0 spiro atoms. The summed E-state index contributed by atoms with van der Waals surface area (Å²) in [5.41, 5.74) is 3.26. The van der Waals surface area contributed by atoms with Gasteiger partial charge < -0.3 is 10.1 Å². The fourth-order valence-electron chi connectivity index (χ4n) is 3.44. The summed E-state index contributed by atoms with van der Waals surface area (Å²) >= 11 is 0. The van der Waals surface area contributed by atoms with Crippen LogP contribution in [-0.2, 0) is 9.53 Å². The third-order valence-corrected chi connectivity index (χ3v) is 4.99. The van der Waals surface area contributed by atoms with E-state index in [1.807, 2.05) is 72.9 Å². The van der Waals surface area contributed by atoms with Crippen LogP contribution in [0.4, 0.5) is 0 Å². The first kappa shape index (κ1) is 19.6. The number of rotatable bonds is 6. The van der Waals surface area contributed by atoms with Gasteiger partial charge in [-0.3, -0.25) is 4.79 Å². The number of para-hydroxylation sites is 1. The number of benzene rings is 2. The van der Waals surface area contributed by atoms with Crippen molar-refractivity contribution in [3.63, 3.8) is 0 Å². The van der Waals surface area contributed by atoms with Crippen LogP contribution in [0.5, 0.6) is 0 Å². The molecule has 1 unspecified atom stereocenters. The van der Waals surface area contributed by atoms with Crippen molar-refractivity contribution in [2.45, 2.75) is 18.9 Å². The highest BCUT2D eigenvalue weighted by Gasteiger charge is 2.19. The quantitative estimate of drug-likeness (QED) is 0.507. The Balaban J connectivity index is 1.66. The lowest BCUT2D eigenvalue weighted by Gasteiger charge is -2.10. The van der Waals surface area contributed by atoms with Gasteiger partial charge in [0.25, 0.3) is 5.91 Å². The highest BCUT2D eigenvalue weighted by Crippen LogP contribution is 2.25. The molecule has 0 aliphatic carbocycles. The molecule has 1 amide bonds. The predicted molar refractivity (Wildman–Crippen MR) is 115 cm³/mol. The molecule has 0 bridgehead atoms. The van der Waals surface area contributed by atoms with Gasteiger partial charge in [-0.2, -0.15) is 10.4 Å². The number of carbonyl (C=O) groups is 1. The Morgan fingerprint density at radius 1 is 1.20 bits per heavy atom. The Morgan fingerprint density at radius 3 is 2.60 bits per heavy atom. The molecule has 4 rings (SSSR count). The highest BCUT2D eigenvalue weighted by molar-refractivity contribution is 6.02. The number of nitrogens with zero attached hydrogens (tertiary/aromatic N) is 3. The molecule has 1 aliphatic rings. The van der Waals surface area contributed by atoms with Crippen molar-refractivity contribution in [1.82, 2.24) is 15.1 Å². The third-order valence-electron chi connectivity index (χ3n) is 4.99. The lowest BCUT2D eigenvalue weighted by molar-refractivity contribution is -0.117. The zero-order chi connectivity index (χ0) is 20.8. The van der Waals surface area contributed by atoms with Gasteiger partial charge in [0.15, 0.2) is 0 Å². The van der Waals surface area contributed by atoms with Crippen LogP contribution >= 0.6 is 0 Å². The van der Waals surface area contributed by atoms with Crippen molar-refractivity contribution in [2.75, 3.05) is 13.2 Å². The minimum Gasteiger partial charge on any atom is -0.376 e. The highest BCUT2D eigenvalue weighted by atomic mass is 16.5. The minimum absolute atomic E-state index is 0.0228. The van der Waals surface area contributed by atoms with Gasteiger partial charge in [-0.25, -0.2) is 4.68 Å². The first-order valence-electron chi connectivity index (χ1n) is 9.96. The first-order valence-corrected chi connectivity index (χ1v) is 9.96. The molecule has 1 saturated heterocycles. The molecular weight excluding hydrogens is 376 g/mol. The smallest absolute Gasteiger partial charge is 0.262 e. The third kappa shape index (κ3) is 4.48. The fraction of sp³-hybridized carbons (Fsp3) is 0.208. The number of carbonyl (C=O) groups excluding carboxylic acids is 1. The standard InChI is InChI=1S/C24H22N4O2/c25-15-19(24(29)26-16-22-12-7-13-30-22)14-20-17-28(21-10-5-2-6-11-21)27-23(20)18-8-3-1-4-9-18/h1-6,8-11,14,17,22H,7,12-13,16H2,(H,26,29). The van der Waals surface area contributed by atoms with Gasteiger partial charge in [-0.1, -0.05) is 48.5 Å². The molecule has 30 heavy (non-hydrogen) atoms. The van der Waals surface area contributed by atoms with Gasteiger partial charge in [0.2, 0.25) is 0 Å². The van der Waals surface area contributed by atoms with Crippen molar-refractivity contribution in [3.05, 3.63) is 78.0 Å². The fourth-order valence-corrected chi connectivity index (χ4v) is 3.44. The molecule has 1 fully saturated rings. The lowest BCUT2D eigenvalue weighted by Crippen LogP contribution is -2.32. The Kier molecular flexibility index (Phi) is 6.02. The number of nitrogens with one attached hydrogen (secondary N) is 1. The minimum atomic E-state index is -0.403. The lowest BCUT2D eigenvalue weighted by atomic mass is 10.1. The number of amides is 1. The van der Waals surface area contributed by atoms with E-state index in [2.05, 4.69) is 5.32 Å². The summed E-state index contributed by atoms with van der Waals surface area (Å²) < 4.78 is 7.29. The second-order valence-corrected chi connectivity index (χ2v) is 7.09. The van der Waals surface area contributed by atoms with E-state index < -0.39 is 5.91 Å². The number of hydrogen-bond donors (Lipinski definition) is 1. The van der Waals surface area contributed by atoms with E-state index in [1.54, 1.807) is 10.8 Å². The molecule has 6 heteroatoms. The van der Waals surface area contributed by atoms with E-state index in [9.17, 15) is 10.1 Å². The number of aromatic nitrogens is 2. The van der Waals surface area contributed by atoms with Gasteiger partial charge in [-0.15, -0.1) is 0 Å². The Bertz CT molecular complexity index is 1080.